The summed E-state index contributed by atoms with van der Waals surface area (Å²) < 4.78 is 11.5. The summed E-state index contributed by atoms with van der Waals surface area (Å²) in [5.41, 5.74) is 8.18. The van der Waals surface area contributed by atoms with E-state index >= 15 is 0 Å². The number of allylic oxidation sites excluding steroid dienone is 5. The summed E-state index contributed by atoms with van der Waals surface area (Å²) in [5, 5.41) is 0. The van der Waals surface area contributed by atoms with Gasteiger partial charge < -0.3 is 9.47 Å². The zero-order chi connectivity index (χ0) is 22.8. The van der Waals surface area contributed by atoms with Gasteiger partial charge in [0.05, 0.1) is 19.9 Å². The number of benzene rings is 1. The van der Waals surface area contributed by atoms with Crippen LogP contribution in [0.1, 0.15) is 58.6 Å². The highest BCUT2D eigenvalue weighted by atomic mass is 16.5. The quantitative estimate of drug-likeness (QED) is 0.420. The lowest BCUT2D eigenvalue weighted by molar-refractivity contribution is 0.412. The molecule has 0 spiro atoms. The average molecular weight is 418 g/mol. The lowest BCUT2D eigenvalue weighted by Gasteiger charge is -2.24. The highest BCUT2D eigenvalue weighted by Crippen LogP contribution is 2.60. The number of aromatic nitrogens is 1. The van der Waals surface area contributed by atoms with Gasteiger partial charge in [-0.3, -0.25) is 4.98 Å². The molecule has 3 heteroatoms. The summed E-state index contributed by atoms with van der Waals surface area (Å²) in [4.78, 5) is 4.71. The Labute approximate surface area is 187 Å². The molecule has 2 atom stereocenters. The Balaban J connectivity index is 2.39. The van der Waals surface area contributed by atoms with E-state index in [2.05, 4.69) is 59.4 Å². The summed E-state index contributed by atoms with van der Waals surface area (Å²) in [5.74, 6) is 2.26. The average Bonchev–Trinajstić information content (AvgIpc) is 3.48. The minimum atomic E-state index is 0.139. The SMILES string of the molecule is C=C/C(C)=C(\C(C)=C/C)c1cc(OC)c(-c2cc(OC)ccn2)c(C2(CC)C[C@@H]2C)c1. The molecular weight excluding hydrogens is 382 g/mol. The molecule has 1 aliphatic rings. The number of ether oxygens (including phenoxy) is 2. The summed E-state index contributed by atoms with van der Waals surface area (Å²) in [6.07, 6.45) is 8.15. The Morgan fingerprint density at radius 2 is 1.94 bits per heavy atom. The molecule has 164 valence electrons. The third-order valence-electron chi connectivity index (χ3n) is 6.98. The Morgan fingerprint density at radius 3 is 2.45 bits per heavy atom. The minimum absolute atomic E-state index is 0.139. The molecule has 1 unspecified atom stereocenters. The van der Waals surface area contributed by atoms with E-state index < -0.39 is 0 Å². The van der Waals surface area contributed by atoms with Crippen molar-refractivity contribution in [2.75, 3.05) is 14.2 Å². The molecule has 0 radical (unpaired) electrons. The molecule has 1 aromatic heterocycles. The van der Waals surface area contributed by atoms with Crippen LogP contribution in [0.4, 0.5) is 0 Å². The summed E-state index contributed by atoms with van der Waals surface area (Å²) in [6, 6.07) is 8.39. The highest BCUT2D eigenvalue weighted by Gasteiger charge is 2.52. The van der Waals surface area contributed by atoms with Gasteiger partial charge in [-0.2, -0.15) is 0 Å². The van der Waals surface area contributed by atoms with E-state index in [-0.39, 0.29) is 5.41 Å². The zero-order valence-electron chi connectivity index (χ0n) is 20.0. The van der Waals surface area contributed by atoms with Crippen molar-refractivity contribution in [3.8, 4) is 22.8 Å². The van der Waals surface area contributed by atoms with Gasteiger partial charge in [-0.1, -0.05) is 32.6 Å². The van der Waals surface area contributed by atoms with Gasteiger partial charge in [-0.25, -0.2) is 0 Å². The molecule has 0 amide bonds. The maximum Gasteiger partial charge on any atom is 0.129 e. The van der Waals surface area contributed by atoms with Crippen molar-refractivity contribution in [3.63, 3.8) is 0 Å². The van der Waals surface area contributed by atoms with Gasteiger partial charge in [0.2, 0.25) is 0 Å². The monoisotopic (exact) mass is 417 g/mol. The van der Waals surface area contributed by atoms with E-state index in [1.807, 2.05) is 18.2 Å². The predicted octanol–water partition coefficient (Wildman–Crippen LogP) is 7.38. The van der Waals surface area contributed by atoms with Crippen LogP contribution in [0.25, 0.3) is 16.8 Å². The van der Waals surface area contributed by atoms with Gasteiger partial charge in [0.1, 0.15) is 11.5 Å². The zero-order valence-corrected chi connectivity index (χ0v) is 20.0. The Bertz CT molecular complexity index is 1040. The van der Waals surface area contributed by atoms with Gasteiger partial charge in [-0.15, -0.1) is 0 Å². The fraction of sp³-hybridized carbons (Fsp3) is 0.393. The van der Waals surface area contributed by atoms with Crippen LogP contribution >= 0.6 is 0 Å². The van der Waals surface area contributed by atoms with Crippen LogP contribution in [0, 0.1) is 5.92 Å². The van der Waals surface area contributed by atoms with Crippen molar-refractivity contribution in [3.05, 3.63) is 71.5 Å². The van der Waals surface area contributed by atoms with Crippen molar-refractivity contribution in [1.82, 2.24) is 4.98 Å². The summed E-state index contributed by atoms with van der Waals surface area (Å²) >= 11 is 0. The van der Waals surface area contributed by atoms with Crippen LogP contribution < -0.4 is 9.47 Å². The normalized spacial score (nSPS) is 21.4. The Kier molecular flexibility index (Phi) is 6.74. The highest BCUT2D eigenvalue weighted by molar-refractivity contribution is 5.86. The van der Waals surface area contributed by atoms with E-state index in [1.165, 1.54) is 28.7 Å². The molecule has 1 aliphatic carbocycles. The summed E-state index contributed by atoms with van der Waals surface area (Å²) in [7, 11) is 3.43. The van der Waals surface area contributed by atoms with Crippen molar-refractivity contribution >= 4 is 5.57 Å². The lowest BCUT2D eigenvalue weighted by atomic mass is 9.82. The van der Waals surface area contributed by atoms with Crippen LogP contribution in [-0.4, -0.2) is 19.2 Å². The molecule has 1 fully saturated rings. The first kappa shape index (κ1) is 22.9. The van der Waals surface area contributed by atoms with E-state index in [9.17, 15) is 0 Å². The second-order valence-electron chi connectivity index (χ2n) is 8.53. The molecule has 0 bridgehead atoms. The van der Waals surface area contributed by atoms with Crippen LogP contribution in [0.3, 0.4) is 0 Å². The molecular formula is C28H35NO2. The van der Waals surface area contributed by atoms with E-state index in [1.54, 1.807) is 20.4 Å². The standard InChI is InChI=1S/C28H35NO2/c1-9-18(4)26(19(5)10-2)21-14-23(28(11-3)17-20(28)6)27(25(15-21)31-8)24-16-22(30-7)12-13-29-24/h9-10,12-16,20H,1,11,17H2,2-8H3/b19-10-,26-18+/t20-,28?/m0/s1. The fourth-order valence-corrected chi connectivity index (χ4v) is 4.81. The topological polar surface area (TPSA) is 31.4 Å². The van der Waals surface area contributed by atoms with Gasteiger partial charge in [0, 0.05) is 17.8 Å². The number of hydrogen-bond donors (Lipinski definition) is 0. The molecule has 3 rings (SSSR count). The van der Waals surface area contributed by atoms with E-state index in [0.29, 0.717) is 5.92 Å². The molecule has 0 aliphatic heterocycles. The second kappa shape index (κ2) is 9.13. The van der Waals surface area contributed by atoms with Crippen molar-refractivity contribution in [1.29, 1.82) is 0 Å². The third-order valence-corrected chi connectivity index (χ3v) is 6.98. The Morgan fingerprint density at radius 1 is 1.23 bits per heavy atom. The smallest absolute Gasteiger partial charge is 0.129 e. The van der Waals surface area contributed by atoms with E-state index in [0.717, 1.165) is 34.8 Å². The molecule has 1 saturated carbocycles. The molecule has 3 nitrogen and oxygen atoms in total. The van der Waals surface area contributed by atoms with E-state index in [4.69, 9.17) is 14.5 Å². The number of methoxy groups -OCH3 is 2. The number of nitrogens with zero attached hydrogens (tertiary/aromatic N) is 1. The number of hydrogen-bond acceptors (Lipinski definition) is 3. The van der Waals surface area contributed by atoms with Gasteiger partial charge >= 0.3 is 0 Å². The van der Waals surface area contributed by atoms with Gasteiger partial charge in [0.25, 0.3) is 0 Å². The largest absolute Gasteiger partial charge is 0.497 e. The molecule has 0 N–H and O–H groups in total. The molecule has 0 saturated heterocycles. The molecule has 2 aromatic rings. The maximum absolute atomic E-state index is 5.99. The third kappa shape index (κ3) is 4.06. The first-order valence-electron chi connectivity index (χ1n) is 11.1. The van der Waals surface area contributed by atoms with Crippen molar-refractivity contribution in [2.45, 2.75) is 52.9 Å². The summed E-state index contributed by atoms with van der Waals surface area (Å²) in [6.45, 7) is 15.0. The van der Waals surface area contributed by atoms with Crippen LogP contribution in [0.15, 0.2) is 60.3 Å². The van der Waals surface area contributed by atoms with Crippen LogP contribution in [-0.2, 0) is 5.41 Å². The molecule has 1 heterocycles. The lowest BCUT2D eigenvalue weighted by Crippen LogP contribution is -2.12. The minimum Gasteiger partial charge on any atom is -0.497 e. The first-order chi connectivity index (χ1) is 14.9. The van der Waals surface area contributed by atoms with Gasteiger partial charge in [0.15, 0.2) is 0 Å². The number of rotatable bonds is 8. The molecule has 1 aromatic carbocycles. The first-order valence-corrected chi connectivity index (χ1v) is 11.1. The fourth-order valence-electron chi connectivity index (χ4n) is 4.81. The maximum atomic E-state index is 5.99. The predicted molar refractivity (Wildman–Crippen MR) is 131 cm³/mol. The number of pyridine rings is 1. The molecule has 31 heavy (non-hydrogen) atoms. The second-order valence-corrected chi connectivity index (χ2v) is 8.53. The Hall–Kier alpha value is -2.81. The van der Waals surface area contributed by atoms with Crippen molar-refractivity contribution < 1.29 is 9.47 Å². The van der Waals surface area contributed by atoms with Crippen LogP contribution in [0.5, 0.6) is 11.5 Å². The van der Waals surface area contributed by atoms with Crippen molar-refractivity contribution in [2.24, 2.45) is 5.92 Å². The van der Waals surface area contributed by atoms with Gasteiger partial charge in [-0.05, 0) is 91.0 Å². The van der Waals surface area contributed by atoms with Crippen LogP contribution in [0.2, 0.25) is 0 Å².